The van der Waals surface area contributed by atoms with Gasteiger partial charge in [0, 0.05) is 17.0 Å². The number of rotatable bonds is 2. The molecule has 2 heteroatoms. The second-order valence-electron chi connectivity index (χ2n) is 3.34. The molecule has 0 saturated carbocycles. The van der Waals surface area contributed by atoms with Crippen molar-refractivity contribution in [1.29, 1.82) is 0 Å². The molecule has 62 valence electrons. The first-order valence-electron chi connectivity index (χ1n) is 4.03. The summed E-state index contributed by atoms with van der Waals surface area (Å²) in [7, 11) is 0. The average molecular weight is 169 g/mol. The Morgan fingerprint density at radius 3 is 2.36 bits per heavy atom. The Bertz CT molecular complexity index is 227. The largest absolute Gasteiger partial charge is 0.249 e. The van der Waals surface area contributed by atoms with Gasteiger partial charge in [0.15, 0.2) is 0 Å². The molecule has 0 aliphatic heterocycles. The number of hydrogen-bond donors (Lipinski definition) is 0. The molecule has 0 aliphatic rings. The van der Waals surface area contributed by atoms with Crippen LogP contribution >= 0.6 is 11.3 Å². The van der Waals surface area contributed by atoms with Crippen molar-refractivity contribution < 1.29 is 0 Å². The summed E-state index contributed by atoms with van der Waals surface area (Å²) in [6, 6.07) is 0. The standard InChI is InChI=1S/C9H15NS/c1-6(2)8(4)9-10-5-7(3)11-9/h5-6,8H,1-4H3. The van der Waals surface area contributed by atoms with Gasteiger partial charge in [0.2, 0.25) is 0 Å². The van der Waals surface area contributed by atoms with Gasteiger partial charge in [0.25, 0.3) is 0 Å². The average Bonchev–Trinajstić information content (AvgIpc) is 2.34. The summed E-state index contributed by atoms with van der Waals surface area (Å²) in [5.41, 5.74) is 0. The van der Waals surface area contributed by atoms with Crippen LogP contribution in [0.3, 0.4) is 0 Å². The minimum Gasteiger partial charge on any atom is -0.249 e. The van der Waals surface area contributed by atoms with Crippen LogP contribution in [0.5, 0.6) is 0 Å². The summed E-state index contributed by atoms with van der Waals surface area (Å²) in [6.07, 6.45) is 1.96. The van der Waals surface area contributed by atoms with Crippen molar-refractivity contribution in [2.75, 3.05) is 0 Å². The molecule has 0 N–H and O–H groups in total. The molecule has 0 aromatic carbocycles. The number of aryl methyl sites for hydroxylation is 1. The van der Waals surface area contributed by atoms with Crippen LogP contribution in [0, 0.1) is 12.8 Å². The fraction of sp³-hybridized carbons (Fsp3) is 0.667. The molecule has 0 fully saturated rings. The lowest BCUT2D eigenvalue weighted by Crippen LogP contribution is -2.00. The molecule has 1 rings (SSSR count). The molecule has 11 heavy (non-hydrogen) atoms. The molecule has 0 amide bonds. The predicted octanol–water partition coefficient (Wildman–Crippen LogP) is 3.21. The van der Waals surface area contributed by atoms with Gasteiger partial charge in [-0.1, -0.05) is 20.8 Å². The Balaban J connectivity index is 2.76. The van der Waals surface area contributed by atoms with E-state index >= 15 is 0 Å². The molecule has 0 saturated heterocycles. The summed E-state index contributed by atoms with van der Waals surface area (Å²) in [4.78, 5) is 5.67. The van der Waals surface area contributed by atoms with Gasteiger partial charge in [-0.05, 0) is 12.8 Å². The Hall–Kier alpha value is -0.370. The van der Waals surface area contributed by atoms with E-state index in [1.54, 1.807) is 0 Å². The minimum absolute atomic E-state index is 0.605. The van der Waals surface area contributed by atoms with Crippen molar-refractivity contribution in [3.05, 3.63) is 16.1 Å². The van der Waals surface area contributed by atoms with E-state index in [-0.39, 0.29) is 0 Å². The van der Waals surface area contributed by atoms with Gasteiger partial charge in [-0.3, -0.25) is 0 Å². The van der Waals surface area contributed by atoms with Gasteiger partial charge in [0.05, 0.1) is 5.01 Å². The molecule has 0 aliphatic carbocycles. The molecule has 0 radical (unpaired) electrons. The van der Waals surface area contributed by atoms with E-state index in [0.29, 0.717) is 11.8 Å². The second-order valence-corrected chi connectivity index (χ2v) is 4.61. The van der Waals surface area contributed by atoms with E-state index in [2.05, 4.69) is 32.7 Å². The van der Waals surface area contributed by atoms with Crippen LogP contribution < -0.4 is 0 Å². The molecule has 0 spiro atoms. The Kier molecular flexibility index (Phi) is 2.66. The quantitative estimate of drug-likeness (QED) is 0.662. The maximum absolute atomic E-state index is 4.36. The summed E-state index contributed by atoms with van der Waals surface area (Å²) in [6.45, 7) is 8.82. The first-order chi connectivity index (χ1) is 5.11. The molecule has 1 aromatic heterocycles. The summed E-state index contributed by atoms with van der Waals surface area (Å²) < 4.78 is 0. The highest BCUT2D eigenvalue weighted by molar-refractivity contribution is 7.11. The number of hydrogen-bond acceptors (Lipinski definition) is 2. The second kappa shape index (κ2) is 3.35. The Labute approximate surface area is 72.5 Å². The molecule has 0 bridgehead atoms. The lowest BCUT2D eigenvalue weighted by Gasteiger charge is -2.11. The zero-order valence-electron chi connectivity index (χ0n) is 7.59. The molecular formula is C9H15NS. The van der Waals surface area contributed by atoms with Gasteiger partial charge in [0.1, 0.15) is 0 Å². The first-order valence-corrected chi connectivity index (χ1v) is 4.85. The zero-order valence-corrected chi connectivity index (χ0v) is 8.40. The van der Waals surface area contributed by atoms with Gasteiger partial charge in [-0.15, -0.1) is 11.3 Å². The SMILES string of the molecule is Cc1cnc(C(C)C(C)C)s1. The predicted molar refractivity (Wildman–Crippen MR) is 50.1 cm³/mol. The number of thiazole rings is 1. The van der Waals surface area contributed by atoms with Crippen LogP contribution in [0.15, 0.2) is 6.20 Å². The normalized spacial score (nSPS) is 13.9. The summed E-state index contributed by atoms with van der Waals surface area (Å²) >= 11 is 1.81. The van der Waals surface area contributed by atoms with E-state index in [9.17, 15) is 0 Å². The fourth-order valence-corrected chi connectivity index (χ4v) is 1.87. The highest BCUT2D eigenvalue weighted by atomic mass is 32.1. The molecule has 1 atom stereocenters. The van der Waals surface area contributed by atoms with E-state index in [4.69, 9.17) is 0 Å². The minimum atomic E-state index is 0.605. The number of aromatic nitrogens is 1. The molecule has 1 nitrogen and oxygen atoms in total. The topological polar surface area (TPSA) is 12.9 Å². The van der Waals surface area contributed by atoms with E-state index < -0.39 is 0 Å². The third kappa shape index (κ3) is 2.03. The van der Waals surface area contributed by atoms with E-state index in [0.717, 1.165) is 0 Å². The van der Waals surface area contributed by atoms with Crippen LogP contribution in [-0.2, 0) is 0 Å². The third-order valence-electron chi connectivity index (χ3n) is 2.03. The highest BCUT2D eigenvalue weighted by Crippen LogP contribution is 2.26. The van der Waals surface area contributed by atoms with Crippen molar-refractivity contribution >= 4 is 11.3 Å². The maximum atomic E-state index is 4.36. The van der Waals surface area contributed by atoms with Gasteiger partial charge < -0.3 is 0 Å². The van der Waals surface area contributed by atoms with Crippen molar-refractivity contribution in [1.82, 2.24) is 4.98 Å². The van der Waals surface area contributed by atoms with Gasteiger partial charge in [-0.25, -0.2) is 4.98 Å². The summed E-state index contributed by atoms with van der Waals surface area (Å²) in [5, 5.41) is 1.28. The third-order valence-corrected chi connectivity index (χ3v) is 3.14. The van der Waals surface area contributed by atoms with Crippen molar-refractivity contribution in [2.45, 2.75) is 33.6 Å². The number of nitrogens with zero attached hydrogens (tertiary/aromatic N) is 1. The molecule has 1 aromatic rings. The van der Waals surface area contributed by atoms with Gasteiger partial charge >= 0.3 is 0 Å². The van der Waals surface area contributed by atoms with Crippen LogP contribution in [0.4, 0.5) is 0 Å². The van der Waals surface area contributed by atoms with Crippen LogP contribution in [0.2, 0.25) is 0 Å². The fourth-order valence-electron chi connectivity index (χ4n) is 0.868. The molecular weight excluding hydrogens is 154 g/mol. The van der Waals surface area contributed by atoms with Crippen LogP contribution in [0.25, 0.3) is 0 Å². The maximum Gasteiger partial charge on any atom is 0.0958 e. The van der Waals surface area contributed by atoms with Crippen molar-refractivity contribution in [2.24, 2.45) is 5.92 Å². The van der Waals surface area contributed by atoms with E-state index in [1.807, 2.05) is 17.5 Å². The van der Waals surface area contributed by atoms with Gasteiger partial charge in [-0.2, -0.15) is 0 Å². The Morgan fingerprint density at radius 1 is 1.36 bits per heavy atom. The molecule has 1 heterocycles. The molecule has 1 unspecified atom stereocenters. The lowest BCUT2D eigenvalue weighted by molar-refractivity contribution is 0.533. The highest BCUT2D eigenvalue weighted by Gasteiger charge is 2.12. The van der Waals surface area contributed by atoms with Crippen LogP contribution in [0.1, 0.15) is 36.6 Å². The summed E-state index contributed by atoms with van der Waals surface area (Å²) in [5.74, 6) is 1.30. The monoisotopic (exact) mass is 169 g/mol. The Morgan fingerprint density at radius 2 is 2.00 bits per heavy atom. The smallest absolute Gasteiger partial charge is 0.0958 e. The van der Waals surface area contributed by atoms with Crippen LogP contribution in [-0.4, -0.2) is 4.98 Å². The lowest BCUT2D eigenvalue weighted by atomic mass is 9.99. The van der Waals surface area contributed by atoms with Crippen molar-refractivity contribution in [3.8, 4) is 0 Å². The van der Waals surface area contributed by atoms with Crippen molar-refractivity contribution in [3.63, 3.8) is 0 Å². The zero-order chi connectivity index (χ0) is 8.43. The van der Waals surface area contributed by atoms with E-state index in [1.165, 1.54) is 9.88 Å². The first kappa shape index (κ1) is 8.72.